The van der Waals surface area contributed by atoms with Crippen molar-refractivity contribution in [3.8, 4) is 0 Å². The number of nitrogens with one attached hydrogen (secondary N) is 1. The highest BCUT2D eigenvalue weighted by Crippen LogP contribution is 2.27. The molecule has 4 aromatic rings. The highest BCUT2D eigenvalue weighted by molar-refractivity contribution is 7.12. The molecule has 1 aromatic carbocycles. The van der Waals surface area contributed by atoms with Gasteiger partial charge in [-0.15, -0.1) is 11.3 Å². The number of benzene rings is 1. The maximum atomic E-state index is 12.7. The van der Waals surface area contributed by atoms with Crippen LogP contribution in [0.4, 0.5) is 18.9 Å². The summed E-state index contributed by atoms with van der Waals surface area (Å²) in [5, 5.41) is 13.2. The molecule has 0 saturated heterocycles. The summed E-state index contributed by atoms with van der Waals surface area (Å²) >= 11 is 13.3. The molecule has 0 fully saturated rings. The van der Waals surface area contributed by atoms with Crippen LogP contribution in [0.1, 0.15) is 26.5 Å². The Morgan fingerprint density at radius 2 is 1.94 bits per heavy atom. The first kappa shape index (κ1) is 22.4. The molecule has 0 saturated carbocycles. The maximum absolute atomic E-state index is 12.7. The van der Waals surface area contributed by atoms with E-state index in [0.29, 0.717) is 32.7 Å². The molecule has 6 nitrogen and oxygen atoms in total. The Bertz CT molecular complexity index is 1260. The Kier molecular flexibility index (Phi) is 6.27. The first-order valence-electron chi connectivity index (χ1n) is 9.13. The summed E-state index contributed by atoms with van der Waals surface area (Å²) in [5.41, 5.74) is 1.04. The van der Waals surface area contributed by atoms with Gasteiger partial charge in [0, 0.05) is 22.4 Å². The number of hydrogen-bond acceptors (Lipinski definition) is 4. The van der Waals surface area contributed by atoms with E-state index in [2.05, 4.69) is 15.5 Å². The topological polar surface area (TPSA) is 64.7 Å². The summed E-state index contributed by atoms with van der Waals surface area (Å²) in [7, 11) is 0. The van der Waals surface area contributed by atoms with Crippen LogP contribution in [0, 0.1) is 0 Å². The second-order valence-electron chi connectivity index (χ2n) is 6.83. The van der Waals surface area contributed by atoms with Gasteiger partial charge in [-0.2, -0.15) is 23.4 Å². The van der Waals surface area contributed by atoms with Gasteiger partial charge in [0.2, 0.25) is 0 Å². The molecule has 3 heterocycles. The number of carbonyl (C=O) groups is 1. The van der Waals surface area contributed by atoms with Gasteiger partial charge in [-0.1, -0.05) is 29.3 Å². The predicted octanol–water partition coefficient (Wildman–Crippen LogP) is 5.82. The molecule has 12 heteroatoms. The lowest BCUT2D eigenvalue weighted by Gasteiger charge is -2.05. The monoisotopic (exact) mass is 499 g/mol. The van der Waals surface area contributed by atoms with Gasteiger partial charge < -0.3 is 5.32 Å². The molecule has 32 heavy (non-hydrogen) atoms. The molecule has 0 bridgehead atoms. The zero-order chi connectivity index (χ0) is 22.9. The molecule has 4 rings (SSSR count). The van der Waals surface area contributed by atoms with E-state index < -0.39 is 11.9 Å². The van der Waals surface area contributed by atoms with Crippen LogP contribution in [0.2, 0.25) is 10.0 Å². The van der Waals surface area contributed by atoms with Gasteiger partial charge in [0.15, 0.2) is 5.69 Å². The van der Waals surface area contributed by atoms with Crippen LogP contribution in [0.25, 0.3) is 0 Å². The second kappa shape index (κ2) is 8.97. The Labute approximate surface area is 194 Å². The third kappa shape index (κ3) is 5.32. The van der Waals surface area contributed by atoms with Gasteiger partial charge in [-0.3, -0.25) is 14.2 Å². The molecule has 3 aromatic heterocycles. The first-order valence-corrected chi connectivity index (χ1v) is 10.8. The highest BCUT2D eigenvalue weighted by atomic mass is 35.5. The number of amides is 1. The summed E-state index contributed by atoms with van der Waals surface area (Å²) < 4.78 is 40.8. The molecular formula is C20H14Cl2F3N5OS. The average Bonchev–Trinajstić information content (AvgIpc) is 3.45. The van der Waals surface area contributed by atoms with E-state index in [0.717, 1.165) is 11.6 Å². The largest absolute Gasteiger partial charge is 0.435 e. The second-order valence-corrected chi connectivity index (χ2v) is 8.59. The van der Waals surface area contributed by atoms with Gasteiger partial charge >= 0.3 is 6.18 Å². The molecule has 0 aliphatic rings. The SMILES string of the molecule is O=C(Nc1cnn(Cc2ccc(Cl)cc2Cl)c1)c1cc(Cn2ccc(C(F)(F)F)n2)cs1. The van der Waals surface area contributed by atoms with Crippen LogP contribution < -0.4 is 5.32 Å². The van der Waals surface area contributed by atoms with Crippen molar-refractivity contribution in [2.45, 2.75) is 19.3 Å². The van der Waals surface area contributed by atoms with Crippen molar-refractivity contribution in [3.05, 3.63) is 86.0 Å². The van der Waals surface area contributed by atoms with E-state index in [1.165, 1.54) is 28.4 Å². The van der Waals surface area contributed by atoms with Crippen LogP contribution in [0.15, 0.2) is 54.3 Å². The fourth-order valence-electron chi connectivity index (χ4n) is 2.90. The van der Waals surface area contributed by atoms with Crippen molar-refractivity contribution >= 4 is 46.1 Å². The molecule has 166 valence electrons. The molecule has 1 N–H and O–H groups in total. The fourth-order valence-corrected chi connectivity index (χ4v) is 4.16. The minimum Gasteiger partial charge on any atom is -0.319 e. The number of nitrogens with zero attached hydrogens (tertiary/aromatic N) is 4. The summed E-state index contributed by atoms with van der Waals surface area (Å²) in [5.74, 6) is -0.346. The van der Waals surface area contributed by atoms with Crippen LogP contribution in [-0.4, -0.2) is 25.5 Å². The van der Waals surface area contributed by atoms with Gasteiger partial charge in [-0.25, -0.2) is 0 Å². The molecule has 1 amide bonds. The van der Waals surface area contributed by atoms with Crippen molar-refractivity contribution < 1.29 is 18.0 Å². The summed E-state index contributed by atoms with van der Waals surface area (Å²) in [4.78, 5) is 12.9. The van der Waals surface area contributed by atoms with Gasteiger partial charge in [-0.05, 0) is 40.8 Å². The minimum absolute atomic E-state index is 0.125. The molecule has 0 unspecified atom stereocenters. The Hall–Kier alpha value is -2.82. The summed E-state index contributed by atoms with van der Waals surface area (Å²) in [6, 6.07) is 7.71. The molecule has 0 aliphatic heterocycles. The van der Waals surface area contributed by atoms with Crippen LogP contribution in [0.3, 0.4) is 0 Å². The Morgan fingerprint density at radius 1 is 1.12 bits per heavy atom. The highest BCUT2D eigenvalue weighted by Gasteiger charge is 2.33. The lowest BCUT2D eigenvalue weighted by Crippen LogP contribution is -2.10. The first-order chi connectivity index (χ1) is 15.2. The lowest BCUT2D eigenvalue weighted by molar-refractivity contribution is -0.141. The number of alkyl halides is 3. The van der Waals surface area contributed by atoms with Crippen LogP contribution in [0.5, 0.6) is 0 Å². The number of aromatic nitrogens is 4. The van der Waals surface area contributed by atoms with E-state index in [1.54, 1.807) is 40.5 Å². The summed E-state index contributed by atoms with van der Waals surface area (Å²) in [6.45, 7) is 0.526. The van der Waals surface area contributed by atoms with Gasteiger partial charge in [0.1, 0.15) is 0 Å². The Morgan fingerprint density at radius 3 is 2.66 bits per heavy atom. The molecule has 0 radical (unpaired) electrons. The number of carbonyl (C=O) groups excluding carboxylic acids is 1. The van der Waals surface area contributed by atoms with E-state index in [9.17, 15) is 18.0 Å². The standard InChI is InChI=1S/C20H14Cl2F3N5OS/c21-14-2-1-13(16(22)6-14)9-30-10-15(7-26-30)27-19(31)17-5-12(11-32-17)8-29-4-3-18(28-29)20(23,24)25/h1-7,10-11H,8-9H2,(H,27,31). The van der Waals surface area contributed by atoms with E-state index in [4.69, 9.17) is 23.2 Å². The Balaban J connectivity index is 1.38. The van der Waals surface area contributed by atoms with Crippen molar-refractivity contribution in [3.63, 3.8) is 0 Å². The third-order valence-electron chi connectivity index (χ3n) is 4.39. The van der Waals surface area contributed by atoms with Gasteiger partial charge in [0.25, 0.3) is 5.91 Å². The number of thiophene rings is 1. The third-order valence-corrected chi connectivity index (χ3v) is 5.96. The molecule has 0 aliphatic carbocycles. The average molecular weight is 500 g/mol. The van der Waals surface area contributed by atoms with E-state index in [-0.39, 0.29) is 12.5 Å². The molecular weight excluding hydrogens is 486 g/mol. The normalized spacial score (nSPS) is 11.7. The van der Waals surface area contributed by atoms with Gasteiger partial charge in [0.05, 0.1) is 29.9 Å². The van der Waals surface area contributed by atoms with Crippen molar-refractivity contribution in [2.75, 3.05) is 5.32 Å². The number of anilines is 1. The zero-order valence-corrected chi connectivity index (χ0v) is 18.4. The maximum Gasteiger partial charge on any atom is 0.435 e. The van der Waals surface area contributed by atoms with Crippen LogP contribution in [-0.2, 0) is 19.3 Å². The quantitative estimate of drug-likeness (QED) is 0.363. The van der Waals surface area contributed by atoms with E-state index >= 15 is 0 Å². The smallest absolute Gasteiger partial charge is 0.319 e. The lowest BCUT2D eigenvalue weighted by atomic mass is 10.2. The molecule has 0 spiro atoms. The van der Waals surface area contributed by atoms with Crippen LogP contribution >= 0.6 is 34.5 Å². The zero-order valence-electron chi connectivity index (χ0n) is 16.1. The molecule has 0 atom stereocenters. The number of halogens is 5. The summed E-state index contributed by atoms with van der Waals surface area (Å²) in [6.07, 6.45) is -0.0613. The predicted molar refractivity (Wildman–Crippen MR) is 116 cm³/mol. The minimum atomic E-state index is -4.49. The van der Waals surface area contributed by atoms with Crippen molar-refractivity contribution in [2.24, 2.45) is 0 Å². The van der Waals surface area contributed by atoms with Crippen molar-refractivity contribution in [1.82, 2.24) is 19.6 Å². The van der Waals surface area contributed by atoms with Crippen molar-refractivity contribution in [1.29, 1.82) is 0 Å². The fraction of sp³-hybridized carbons (Fsp3) is 0.150. The van der Waals surface area contributed by atoms with E-state index in [1.807, 2.05) is 0 Å². The number of hydrogen-bond donors (Lipinski definition) is 1. The number of rotatable bonds is 6.